The fourth-order valence-electron chi connectivity index (χ4n) is 3.77. The summed E-state index contributed by atoms with van der Waals surface area (Å²) in [5, 5.41) is 2.87. The van der Waals surface area contributed by atoms with E-state index in [1.54, 1.807) is 30.3 Å². The van der Waals surface area contributed by atoms with Crippen molar-refractivity contribution in [3.05, 3.63) is 30.3 Å². The minimum absolute atomic E-state index is 0.0371. The van der Waals surface area contributed by atoms with E-state index < -0.39 is 19.9 Å². The number of sulfonamides is 1. The van der Waals surface area contributed by atoms with Gasteiger partial charge in [-0.15, -0.1) is 0 Å². The first-order valence-corrected chi connectivity index (χ1v) is 12.6. The molecular weight excluding hydrogens is 388 g/mol. The number of carbonyl (C=O) groups is 1. The van der Waals surface area contributed by atoms with E-state index in [9.17, 15) is 21.6 Å². The van der Waals surface area contributed by atoms with Crippen LogP contribution in [-0.4, -0.2) is 46.8 Å². The normalized spacial score (nSPS) is 27.9. The highest BCUT2D eigenvalue weighted by Gasteiger charge is 2.32. The van der Waals surface area contributed by atoms with Crippen LogP contribution in [0.1, 0.15) is 32.1 Å². The summed E-state index contributed by atoms with van der Waals surface area (Å²) in [5.41, 5.74) is 0. The molecule has 1 aromatic rings. The molecule has 1 amide bonds. The number of hydrogen-bond acceptors (Lipinski definition) is 5. The molecule has 3 rings (SSSR count). The Morgan fingerprint density at radius 3 is 2.30 bits per heavy atom. The molecule has 7 nitrogen and oxygen atoms in total. The van der Waals surface area contributed by atoms with Crippen molar-refractivity contribution in [1.29, 1.82) is 0 Å². The Morgan fingerprint density at radius 1 is 1.04 bits per heavy atom. The summed E-state index contributed by atoms with van der Waals surface area (Å²) in [5.74, 6) is 0.205. The fraction of sp³-hybridized carbons (Fsp3) is 0.611. The molecule has 1 saturated carbocycles. The monoisotopic (exact) mass is 414 g/mol. The minimum atomic E-state index is -3.50. The van der Waals surface area contributed by atoms with Gasteiger partial charge in [0.05, 0.1) is 16.4 Å². The van der Waals surface area contributed by atoms with Crippen LogP contribution in [0.15, 0.2) is 35.2 Å². The molecule has 2 N–H and O–H groups in total. The van der Waals surface area contributed by atoms with Crippen molar-refractivity contribution in [1.82, 2.24) is 10.0 Å². The lowest BCUT2D eigenvalue weighted by Crippen LogP contribution is -2.41. The molecule has 0 aromatic heterocycles. The molecule has 1 aliphatic carbocycles. The van der Waals surface area contributed by atoms with Crippen LogP contribution in [0.2, 0.25) is 0 Å². The van der Waals surface area contributed by atoms with Gasteiger partial charge >= 0.3 is 0 Å². The molecule has 0 radical (unpaired) electrons. The number of nitrogens with one attached hydrogen (secondary N) is 2. The highest BCUT2D eigenvalue weighted by Crippen LogP contribution is 2.29. The summed E-state index contributed by atoms with van der Waals surface area (Å²) in [6.07, 6.45) is 3.44. The van der Waals surface area contributed by atoms with Crippen molar-refractivity contribution >= 4 is 25.8 Å². The zero-order valence-corrected chi connectivity index (χ0v) is 16.8. The van der Waals surface area contributed by atoms with E-state index in [0.29, 0.717) is 25.8 Å². The summed E-state index contributed by atoms with van der Waals surface area (Å²) < 4.78 is 50.2. The summed E-state index contributed by atoms with van der Waals surface area (Å²) >= 11 is 0. The quantitative estimate of drug-likeness (QED) is 0.724. The molecule has 1 heterocycles. The molecule has 1 aliphatic heterocycles. The molecule has 27 heavy (non-hydrogen) atoms. The van der Waals surface area contributed by atoms with Gasteiger partial charge in [-0.05, 0) is 50.2 Å². The Kier molecular flexibility index (Phi) is 6.22. The molecule has 150 valence electrons. The maximum atomic E-state index is 12.4. The van der Waals surface area contributed by atoms with Crippen molar-refractivity contribution in [2.75, 3.05) is 18.1 Å². The third-order valence-corrected chi connectivity index (χ3v) is 8.62. The van der Waals surface area contributed by atoms with Crippen LogP contribution in [0, 0.1) is 11.8 Å². The van der Waals surface area contributed by atoms with E-state index in [1.165, 1.54) is 0 Å². The Morgan fingerprint density at radius 2 is 1.70 bits per heavy atom. The zero-order chi connectivity index (χ0) is 19.5. The summed E-state index contributed by atoms with van der Waals surface area (Å²) in [6.45, 7) is 0.367. The van der Waals surface area contributed by atoms with Crippen LogP contribution >= 0.6 is 0 Å². The minimum Gasteiger partial charge on any atom is -0.352 e. The average Bonchev–Trinajstić information content (AvgIpc) is 2.99. The van der Waals surface area contributed by atoms with Crippen LogP contribution in [0.25, 0.3) is 0 Å². The molecule has 0 unspecified atom stereocenters. The Bertz CT molecular complexity index is 860. The standard InChI is InChI=1S/C18H26N2O5S2/c21-18(20-16-10-11-26(22,23)13-16)15-8-6-14(7-9-15)12-19-27(24,25)17-4-2-1-3-5-17/h1-5,14-16,19H,6-13H2,(H,20,21)/t14?,15?,16-/m1/s1. The first kappa shape index (κ1) is 20.3. The number of rotatable bonds is 6. The summed E-state index contributed by atoms with van der Waals surface area (Å²) in [7, 11) is -6.51. The molecular formula is C18H26N2O5S2. The molecule has 1 aromatic carbocycles. The van der Waals surface area contributed by atoms with Crippen LogP contribution in [0.5, 0.6) is 0 Å². The van der Waals surface area contributed by atoms with Gasteiger partial charge in [0, 0.05) is 18.5 Å². The maximum absolute atomic E-state index is 12.4. The second-order valence-corrected chi connectivity index (χ2v) is 11.5. The molecule has 2 fully saturated rings. The smallest absolute Gasteiger partial charge is 0.240 e. The first-order chi connectivity index (χ1) is 12.8. The van der Waals surface area contributed by atoms with Gasteiger partial charge in [-0.25, -0.2) is 21.6 Å². The second-order valence-electron chi connectivity index (χ2n) is 7.49. The van der Waals surface area contributed by atoms with Gasteiger partial charge in [0.25, 0.3) is 0 Å². The lowest BCUT2D eigenvalue weighted by atomic mass is 9.81. The van der Waals surface area contributed by atoms with Gasteiger partial charge in [-0.1, -0.05) is 18.2 Å². The van der Waals surface area contributed by atoms with Crippen molar-refractivity contribution < 1.29 is 21.6 Å². The van der Waals surface area contributed by atoms with E-state index in [4.69, 9.17) is 0 Å². The molecule has 2 aliphatic rings. The third-order valence-electron chi connectivity index (χ3n) is 5.41. The number of carbonyl (C=O) groups excluding carboxylic acids is 1. The van der Waals surface area contributed by atoms with E-state index in [0.717, 1.165) is 12.8 Å². The van der Waals surface area contributed by atoms with E-state index in [1.807, 2.05) is 0 Å². The topological polar surface area (TPSA) is 109 Å². The molecule has 0 spiro atoms. The zero-order valence-electron chi connectivity index (χ0n) is 15.1. The first-order valence-electron chi connectivity index (χ1n) is 9.31. The number of hydrogen-bond donors (Lipinski definition) is 2. The largest absolute Gasteiger partial charge is 0.352 e. The second kappa shape index (κ2) is 8.28. The SMILES string of the molecule is O=C(N[C@@H]1CCS(=O)(=O)C1)C1CCC(CNS(=O)(=O)c2ccccc2)CC1. The van der Waals surface area contributed by atoms with Crippen LogP contribution in [0.3, 0.4) is 0 Å². The van der Waals surface area contributed by atoms with Gasteiger partial charge in [0.2, 0.25) is 15.9 Å². The van der Waals surface area contributed by atoms with Crippen LogP contribution in [0.4, 0.5) is 0 Å². The Balaban J connectivity index is 1.43. The summed E-state index contributed by atoms with van der Waals surface area (Å²) in [6, 6.07) is 8.01. The lowest BCUT2D eigenvalue weighted by molar-refractivity contribution is -0.126. The highest BCUT2D eigenvalue weighted by molar-refractivity contribution is 7.91. The van der Waals surface area contributed by atoms with E-state index >= 15 is 0 Å². The van der Waals surface area contributed by atoms with Gasteiger partial charge in [-0.2, -0.15) is 0 Å². The van der Waals surface area contributed by atoms with Gasteiger partial charge in [-0.3, -0.25) is 4.79 Å². The Hall–Kier alpha value is -1.45. The van der Waals surface area contributed by atoms with Crippen LogP contribution in [-0.2, 0) is 24.7 Å². The predicted molar refractivity (Wildman–Crippen MR) is 102 cm³/mol. The fourth-order valence-corrected chi connectivity index (χ4v) is 6.58. The van der Waals surface area contributed by atoms with E-state index in [-0.39, 0.29) is 40.2 Å². The predicted octanol–water partition coefficient (Wildman–Crippen LogP) is 1.07. The third kappa shape index (κ3) is 5.52. The van der Waals surface area contributed by atoms with Crippen molar-refractivity contribution in [2.24, 2.45) is 11.8 Å². The molecule has 1 atom stereocenters. The average molecular weight is 415 g/mol. The van der Waals surface area contributed by atoms with E-state index in [2.05, 4.69) is 10.0 Å². The van der Waals surface area contributed by atoms with Crippen LogP contribution < -0.4 is 10.0 Å². The lowest BCUT2D eigenvalue weighted by Gasteiger charge is -2.28. The van der Waals surface area contributed by atoms with Gasteiger partial charge < -0.3 is 5.32 Å². The summed E-state index contributed by atoms with van der Waals surface area (Å²) in [4.78, 5) is 12.6. The maximum Gasteiger partial charge on any atom is 0.240 e. The molecule has 9 heteroatoms. The number of amides is 1. The molecule has 1 saturated heterocycles. The van der Waals surface area contributed by atoms with Gasteiger partial charge in [0.1, 0.15) is 0 Å². The van der Waals surface area contributed by atoms with Crippen molar-refractivity contribution in [3.63, 3.8) is 0 Å². The van der Waals surface area contributed by atoms with Crippen molar-refractivity contribution in [3.8, 4) is 0 Å². The highest BCUT2D eigenvalue weighted by atomic mass is 32.2. The van der Waals surface area contributed by atoms with Gasteiger partial charge in [0.15, 0.2) is 9.84 Å². The number of sulfone groups is 1. The number of benzene rings is 1. The molecule has 0 bridgehead atoms. The Labute approximate surface area is 160 Å². The van der Waals surface area contributed by atoms with Crippen molar-refractivity contribution in [2.45, 2.75) is 43.0 Å².